The van der Waals surface area contributed by atoms with Gasteiger partial charge in [-0.2, -0.15) is 0 Å². The second-order valence-electron chi connectivity index (χ2n) is 3.87. The second-order valence-corrected chi connectivity index (χ2v) is 3.87. The van der Waals surface area contributed by atoms with E-state index in [1.807, 2.05) is 0 Å². The van der Waals surface area contributed by atoms with Crippen LogP contribution in [0.2, 0.25) is 0 Å². The molecule has 0 aromatic rings. The van der Waals surface area contributed by atoms with E-state index in [1.165, 1.54) is 11.1 Å². The second kappa shape index (κ2) is 2.21. The van der Waals surface area contributed by atoms with Gasteiger partial charge in [-0.3, -0.25) is 0 Å². The van der Waals surface area contributed by atoms with Gasteiger partial charge in [0.15, 0.2) is 0 Å². The summed E-state index contributed by atoms with van der Waals surface area (Å²) in [5.74, 6) is 0.856. The number of rotatable bonds is 0. The zero-order valence-electron chi connectivity index (χ0n) is 6.71. The Kier molecular flexibility index (Phi) is 1.43. The van der Waals surface area contributed by atoms with Crippen LogP contribution < -0.4 is 0 Å². The van der Waals surface area contributed by atoms with Crippen LogP contribution in [0.3, 0.4) is 0 Å². The van der Waals surface area contributed by atoms with E-state index >= 15 is 0 Å². The maximum Gasteiger partial charge on any atom is 0.0645 e. The Labute approximate surface area is 67.4 Å². The molecule has 1 unspecified atom stereocenters. The Morgan fingerprint density at radius 3 is 2.00 bits per heavy atom. The van der Waals surface area contributed by atoms with Gasteiger partial charge >= 0.3 is 0 Å². The topological polar surface area (TPSA) is 20.2 Å². The fourth-order valence-corrected chi connectivity index (χ4v) is 2.54. The zero-order chi connectivity index (χ0) is 8.01. The molecule has 0 aromatic carbocycles. The smallest absolute Gasteiger partial charge is 0.0645 e. The number of hydrogen-bond donors (Lipinski definition) is 1. The first-order chi connectivity index (χ1) is 5.18. The van der Waals surface area contributed by atoms with E-state index in [-0.39, 0.29) is 12.0 Å². The van der Waals surface area contributed by atoms with Gasteiger partial charge in [0.1, 0.15) is 0 Å². The minimum absolute atomic E-state index is 0.178. The molecule has 2 bridgehead atoms. The Morgan fingerprint density at radius 2 is 1.73 bits per heavy atom. The first-order valence-electron chi connectivity index (χ1n) is 4.22. The molecule has 0 saturated heterocycles. The minimum atomic E-state index is -0.178. The minimum Gasteiger partial charge on any atom is -0.392 e. The SMILES string of the molecule is C=C1CC2CC(=[13CH2])[C@H]1[C@H](O)C2. The van der Waals surface area contributed by atoms with Crippen LogP contribution in [0, 0.1) is 11.8 Å². The van der Waals surface area contributed by atoms with E-state index in [0.717, 1.165) is 19.3 Å². The van der Waals surface area contributed by atoms with Crippen LogP contribution in [-0.2, 0) is 0 Å². The van der Waals surface area contributed by atoms with E-state index in [2.05, 4.69) is 13.2 Å². The molecule has 3 rings (SSSR count). The molecule has 0 amide bonds. The number of aliphatic hydroxyl groups is 1. The summed E-state index contributed by atoms with van der Waals surface area (Å²) in [5, 5.41) is 9.62. The summed E-state index contributed by atoms with van der Waals surface area (Å²) in [6, 6.07) is 0. The molecule has 3 atom stereocenters. The molecule has 3 aliphatic carbocycles. The molecule has 3 saturated carbocycles. The third-order valence-corrected chi connectivity index (χ3v) is 2.94. The van der Waals surface area contributed by atoms with Gasteiger partial charge in [0.25, 0.3) is 0 Å². The van der Waals surface area contributed by atoms with Crippen molar-refractivity contribution >= 4 is 0 Å². The zero-order valence-corrected chi connectivity index (χ0v) is 6.71. The van der Waals surface area contributed by atoms with E-state index in [4.69, 9.17) is 0 Å². The lowest BCUT2D eigenvalue weighted by atomic mass is 9.65. The van der Waals surface area contributed by atoms with Crippen LogP contribution in [0.1, 0.15) is 19.3 Å². The molecule has 60 valence electrons. The maximum atomic E-state index is 9.62. The van der Waals surface area contributed by atoms with E-state index in [9.17, 15) is 5.11 Å². The van der Waals surface area contributed by atoms with Crippen LogP contribution in [0.4, 0.5) is 0 Å². The maximum absolute atomic E-state index is 9.62. The number of aliphatic hydroxyl groups excluding tert-OH is 1. The van der Waals surface area contributed by atoms with Crippen molar-refractivity contribution in [1.82, 2.24) is 0 Å². The third-order valence-electron chi connectivity index (χ3n) is 2.94. The molecule has 0 aliphatic heterocycles. The molecule has 0 radical (unpaired) electrons. The van der Waals surface area contributed by atoms with Crippen molar-refractivity contribution in [3.05, 3.63) is 24.3 Å². The van der Waals surface area contributed by atoms with Crippen molar-refractivity contribution in [3.8, 4) is 0 Å². The molecule has 1 N–H and O–H groups in total. The van der Waals surface area contributed by atoms with Crippen LogP contribution in [-0.4, -0.2) is 11.2 Å². The fraction of sp³-hybridized carbons (Fsp3) is 0.600. The van der Waals surface area contributed by atoms with Crippen LogP contribution >= 0.6 is 0 Å². The van der Waals surface area contributed by atoms with Gasteiger partial charge in [0.2, 0.25) is 0 Å². The van der Waals surface area contributed by atoms with Crippen molar-refractivity contribution < 1.29 is 5.11 Å². The lowest BCUT2D eigenvalue weighted by Crippen LogP contribution is -2.37. The molecule has 1 nitrogen and oxygen atoms in total. The highest BCUT2D eigenvalue weighted by Crippen LogP contribution is 2.46. The van der Waals surface area contributed by atoms with E-state index in [0.29, 0.717) is 5.92 Å². The van der Waals surface area contributed by atoms with Gasteiger partial charge in [0.05, 0.1) is 6.10 Å². The highest BCUT2D eigenvalue weighted by Gasteiger charge is 2.39. The predicted octanol–water partition coefficient (Wildman–Crippen LogP) is 1.89. The Bertz CT molecular complexity index is 199. The standard InChI is InChI=1S/C10H14O/c1-6-3-8-4-7(2)10(6)9(11)5-8/h8-11H,1-5H2/t8?,9-,10-/m1/s1/i1+1. The Morgan fingerprint density at radius 1 is 1.18 bits per heavy atom. The fourth-order valence-electron chi connectivity index (χ4n) is 2.54. The number of hydrogen-bond acceptors (Lipinski definition) is 1. The summed E-state index contributed by atoms with van der Waals surface area (Å²) in [6.45, 7) is 7.95. The van der Waals surface area contributed by atoms with E-state index in [1.54, 1.807) is 0 Å². The van der Waals surface area contributed by atoms with Crippen LogP contribution in [0.15, 0.2) is 24.3 Å². The first-order valence-corrected chi connectivity index (χ1v) is 4.22. The quantitative estimate of drug-likeness (QED) is 0.414. The predicted molar refractivity (Wildman–Crippen MR) is 45.1 cm³/mol. The molecule has 1 heteroatoms. The largest absolute Gasteiger partial charge is 0.392 e. The molecular weight excluding hydrogens is 137 g/mol. The summed E-state index contributed by atoms with van der Waals surface area (Å²) in [5.41, 5.74) is 2.40. The summed E-state index contributed by atoms with van der Waals surface area (Å²) in [7, 11) is 0. The average molecular weight is 151 g/mol. The van der Waals surface area contributed by atoms with Gasteiger partial charge in [-0.1, -0.05) is 24.3 Å². The van der Waals surface area contributed by atoms with Crippen LogP contribution in [0.25, 0.3) is 0 Å². The molecule has 0 heterocycles. The lowest BCUT2D eigenvalue weighted by molar-refractivity contribution is 0.0655. The van der Waals surface area contributed by atoms with Crippen molar-refractivity contribution in [2.75, 3.05) is 0 Å². The molecule has 0 aromatic heterocycles. The molecule has 0 spiro atoms. The van der Waals surface area contributed by atoms with Crippen LogP contribution in [0.5, 0.6) is 0 Å². The number of fused-ring (bicyclic) bond motifs is 3. The molecule has 3 aliphatic rings. The first kappa shape index (κ1) is 7.11. The Hall–Kier alpha value is -0.560. The van der Waals surface area contributed by atoms with Gasteiger partial charge in [-0.25, -0.2) is 0 Å². The van der Waals surface area contributed by atoms with Gasteiger partial charge in [-0.15, -0.1) is 0 Å². The highest BCUT2D eigenvalue weighted by molar-refractivity contribution is 5.27. The summed E-state index contributed by atoms with van der Waals surface area (Å²) in [6.07, 6.45) is 3.01. The van der Waals surface area contributed by atoms with Gasteiger partial charge in [-0.05, 0) is 25.2 Å². The normalized spacial score (nSPS) is 43.2. The van der Waals surface area contributed by atoms with Gasteiger partial charge in [0, 0.05) is 5.92 Å². The van der Waals surface area contributed by atoms with Crippen molar-refractivity contribution in [3.63, 3.8) is 0 Å². The Balaban J connectivity index is 2.30. The highest BCUT2D eigenvalue weighted by atomic mass is 16.3. The summed E-state index contributed by atoms with van der Waals surface area (Å²) >= 11 is 0. The summed E-state index contributed by atoms with van der Waals surface area (Å²) in [4.78, 5) is 0. The third kappa shape index (κ3) is 0.951. The molecule has 3 fully saturated rings. The average Bonchev–Trinajstić information content (AvgIpc) is 1.82. The van der Waals surface area contributed by atoms with Crippen molar-refractivity contribution in [1.29, 1.82) is 0 Å². The lowest BCUT2D eigenvalue weighted by Gasteiger charge is -2.43. The monoisotopic (exact) mass is 151 g/mol. The van der Waals surface area contributed by atoms with Gasteiger partial charge < -0.3 is 5.11 Å². The summed E-state index contributed by atoms with van der Waals surface area (Å²) < 4.78 is 0. The molecular formula is C10H14O. The van der Waals surface area contributed by atoms with E-state index < -0.39 is 0 Å². The van der Waals surface area contributed by atoms with Crippen molar-refractivity contribution in [2.24, 2.45) is 11.8 Å². The van der Waals surface area contributed by atoms with Crippen molar-refractivity contribution in [2.45, 2.75) is 25.4 Å². The molecule has 11 heavy (non-hydrogen) atoms.